The van der Waals surface area contributed by atoms with Crippen molar-refractivity contribution in [2.75, 3.05) is 0 Å². The lowest BCUT2D eigenvalue weighted by molar-refractivity contribution is 0.336. The van der Waals surface area contributed by atoms with Crippen molar-refractivity contribution >= 4 is 22.6 Å². The highest BCUT2D eigenvalue weighted by atomic mass is 35.5. The van der Waals surface area contributed by atoms with Crippen LogP contribution in [-0.4, -0.2) is 14.8 Å². The molecule has 0 radical (unpaired) electrons. The first kappa shape index (κ1) is 14.3. The van der Waals surface area contributed by atoms with Gasteiger partial charge in [0.25, 0.3) is 0 Å². The van der Waals surface area contributed by atoms with Gasteiger partial charge in [-0.15, -0.1) is 0 Å². The molecule has 19 heavy (non-hydrogen) atoms. The van der Waals surface area contributed by atoms with Gasteiger partial charge in [0.15, 0.2) is 0 Å². The Kier molecular flexibility index (Phi) is 4.81. The first-order chi connectivity index (χ1) is 9.25. The second kappa shape index (κ2) is 6.38. The molecule has 0 bridgehead atoms. The molecule has 1 fully saturated rings. The van der Waals surface area contributed by atoms with E-state index in [1.807, 2.05) is 32.9 Å². The summed E-state index contributed by atoms with van der Waals surface area (Å²) in [5, 5.41) is 5.20. The number of rotatable bonds is 1. The van der Waals surface area contributed by atoms with Crippen molar-refractivity contribution in [2.24, 2.45) is 0 Å². The molecule has 1 aliphatic rings. The van der Waals surface area contributed by atoms with Crippen LogP contribution in [0.5, 0.6) is 0 Å². The zero-order chi connectivity index (χ0) is 13.8. The number of aryl methyl sites for hydroxylation is 1. The normalized spacial score (nSPS) is 16.2. The Hall–Kier alpha value is -1.09. The molecule has 104 valence electrons. The molecule has 0 spiro atoms. The minimum Gasteiger partial charge on any atom is -0.260 e. The molecule has 0 atom stereocenters. The Bertz CT molecular complexity index is 542. The average molecular weight is 280 g/mol. The molecule has 1 aliphatic carbocycles. The van der Waals surface area contributed by atoms with Crippen molar-refractivity contribution in [2.45, 2.75) is 58.9 Å². The molecule has 2 aromatic rings. The molecule has 0 saturated heterocycles. The predicted molar refractivity (Wildman–Crippen MR) is 80.7 cm³/mol. The highest BCUT2D eigenvalue weighted by Crippen LogP contribution is 2.31. The summed E-state index contributed by atoms with van der Waals surface area (Å²) in [5.41, 5.74) is 3.05. The molecular formula is C15H22ClN3. The molecule has 3 nitrogen and oxygen atoms in total. The predicted octanol–water partition coefficient (Wildman–Crippen LogP) is 4.92. The molecule has 4 heteroatoms. The standard InChI is InChI=1S/C13H16ClN3.C2H6/c1-9-13-11(7-8-12(14)15-13)17(16-9)10-5-3-2-4-6-10;1-2/h7-8,10H,2-6H2,1H3;1-2H3. The van der Waals surface area contributed by atoms with E-state index in [1.54, 1.807) is 0 Å². The lowest BCUT2D eigenvalue weighted by Crippen LogP contribution is -2.14. The van der Waals surface area contributed by atoms with E-state index in [0.29, 0.717) is 11.2 Å². The van der Waals surface area contributed by atoms with Gasteiger partial charge in [-0.1, -0.05) is 44.7 Å². The van der Waals surface area contributed by atoms with Gasteiger partial charge in [0.2, 0.25) is 0 Å². The molecule has 0 aromatic carbocycles. The Morgan fingerprint density at radius 3 is 2.53 bits per heavy atom. The van der Waals surface area contributed by atoms with Crippen LogP contribution >= 0.6 is 11.6 Å². The van der Waals surface area contributed by atoms with Gasteiger partial charge in [-0.05, 0) is 31.9 Å². The average Bonchev–Trinajstić information content (AvgIpc) is 2.79. The van der Waals surface area contributed by atoms with E-state index in [2.05, 4.69) is 14.8 Å². The summed E-state index contributed by atoms with van der Waals surface area (Å²) < 4.78 is 2.16. The Morgan fingerprint density at radius 1 is 1.16 bits per heavy atom. The molecular weight excluding hydrogens is 258 g/mol. The summed E-state index contributed by atoms with van der Waals surface area (Å²) in [6.07, 6.45) is 6.45. The second-order valence-electron chi connectivity index (χ2n) is 4.82. The highest BCUT2D eigenvalue weighted by molar-refractivity contribution is 6.29. The molecule has 0 aliphatic heterocycles. The van der Waals surface area contributed by atoms with Crippen LogP contribution in [0.15, 0.2) is 12.1 Å². The third-order valence-corrected chi connectivity index (χ3v) is 3.82. The number of aromatic nitrogens is 3. The summed E-state index contributed by atoms with van der Waals surface area (Å²) in [7, 11) is 0. The molecule has 3 rings (SSSR count). The van der Waals surface area contributed by atoms with E-state index in [-0.39, 0.29) is 0 Å². The number of hydrogen-bond acceptors (Lipinski definition) is 2. The van der Waals surface area contributed by atoms with E-state index in [0.717, 1.165) is 16.7 Å². The summed E-state index contributed by atoms with van der Waals surface area (Å²) in [6, 6.07) is 4.44. The Morgan fingerprint density at radius 2 is 1.84 bits per heavy atom. The van der Waals surface area contributed by atoms with E-state index in [1.165, 1.54) is 32.1 Å². The van der Waals surface area contributed by atoms with Crippen LogP contribution in [0.25, 0.3) is 11.0 Å². The van der Waals surface area contributed by atoms with E-state index in [4.69, 9.17) is 11.6 Å². The first-order valence-electron chi connectivity index (χ1n) is 7.27. The summed E-state index contributed by atoms with van der Waals surface area (Å²) >= 11 is 5.94. The number of pyridine rings is 1. The fraction of sp³-hybridized carbons (Fsp3) is 0.600. The van der Waals surface area contributed by atoms with E-state index < -0.39 is 0 Å². The molecule has 0 N–H and O–H groups in total. The van der Waals surface area contributed by atoms with Gasteiger partial charge in [0, 0.05) is 0 Å². The van der Waals surface area contributed by atoms with Crippen molar-refractivity contribution in [1.29, 1.82) is 0 Å². The lowest BCUT2D eigenvalue weighted by atomic mass is 9.95. The van der Waals surface area contributed by atoms with Gasteiger partial charge in [-0.3, -0.25) is 4.68 Å². The van der Waals surface area contributed by atoms with Crippen LogP contribution in [0.1, 0.15) is 57.7 Å². The second-order valence-corrected chi connectivity index (χ2v) is 5.21. The quantitative estimate of drug-likeness (QED) is 0.693. The largest absolute Gasteiger partial charge is 0.260 e. The molecule has 2 heterocycles. The maximum absolute atomic E-state index is 5.94. The van der Waals surface area contributed by atoms with Crippen molar-refractivity contribution < 1.29 is 0 Å². The van der Waals surface area contributed by atoms with Crippen LogP contribution in [0.3, 0.4) is 0 Å². The van der Waals surface area contributed by atoms with Gasteiger partial charge in [-0.2, -0.15) is 5.10 Å². The van der Waals surface area contributed by atoms with Crippen molar-refractivity contribution in [1.82, 2.24) is 14.8 Å². The Balaban J connectivity index is 0.000000637. The van der Waals surface area contributed by atoms with E-state index in [9.17, 15) is 0 Å². The minimum atomic E-state index is 0.544. The maximum Gasteiger partial charge on any atom is 0.129 e. The van der Waals surface area contributed by atoms with Crippen LogP contribution in [0.4, 0.5) is 0 Å². The third kappa shape index (κ3) is 2.92. The monoisotopic (exact) mass is 279 g/mol. The van der Waals surface area contributed by atoms with Crippen LogP contribution in [0, 0.1) is 6.92 Å². The van der Waals surface area contributed by atoms with Gasteiger partial charge in [0.05, 0.1) is 17.3 Å². The fourth-order valence-corrected chi connectivity index (χ4v) is 2.89. The van der Waals surface area contributed by atoms with Crippen LogP contribution < -0.4 is 0 Å². The van der Waals surface area contributed by atoms with Crippen molar-refractivity contribution in [3.05, 3.63) is 23.0 Å². The zero-order valence-electron chi connectivity index (χ0n) is 12.0. The molecule has 0 amide bonds. The van der Waals surface area contributed by atoms with Gasteiger partial charge < -0.3 is 0 Å². The number of nitrogens with zero attached hydrogens (tertiary/aromatic N) is 3. The number of halogens is 1. The topological polar surface area (TPSA) is 30.7 Å². The number of fused-ring (bicyclic) bond motifs is 1. The SMILES string of the molecule is CC.Cc1nn(C2CCCCC2)c2ccc(Cl)nc12. The zero-order valence-corrected chi connectivity index (χ0v) is 12.7. The third-order valence-electron chi connectivity index (χ3n) is 3.61. The minimum absolute atomic E-state index is 0.544. The number of hydrogen-bond donors (Lipinski definition) is 0. The van der Waals surface area contributed by atoms with Gasteiger partial charge in [0.1, 0.15) is 10.7 Å². The fourth-order valence-electron chi connectivity index (χ4n) is 2.75. The summed E-state index contributed by atoms with van der Waals surface area (Å²) in [4.78, 5) is 4.37. The van der Waals surface area contributed by atoms with E-state index >= 15 is 0 Å². The molecule has 1 saturated carbocycles. The highest BCUT2D eigenvalue weighted by Gasteiger charge is 2.19. The maximum atomic E-state index is 5.94. The van der Waals surface area contributed by atoms with Crippen LogP contribution in [0.2, 0.25) is 5.15 Å². The summed E-state index contributed by atoms with van der Waals surface area (Å²) in [5.74, 6) is 0. The van der Waals surface area contributed by atoms with Crippen molar-refractivity contribution in [3.63, 3.8) is 0 Å². The molecule has 2 aromatic heterocycles. The van der Waals surface area contributed by atoms with Crippen molar-refractivity contribution in [3.8, 4) is 0 Å². The van der Waals surface area contributed by atoms with Gasteiger partial charge >= 0.3 is 0 Å². The smallest absolute Gasteiger partial charge is 0.129 e. The van der Waals surface area contributed by atoms with Gasteiger partial charge in [-0.25, -0.2) is 4.98 Å². The lowest BCUT2D eigenvalue weighted by Gasteiger charge is -2.22. The first-order valence-corrected chi connectivity index (χ1v) is 7.65. The molecule has 0 unspecified atom stereocenters. The summed E-state index contributed by atoms with van der Waals surface area (Å²) in [6.45, 7) is 6.00. The van der Waals surface area contributed by atoms with Crippen LogP contribution in [-0.2, 0) is 0 Å². The Labute approximate surface area is 120 Å².